The van der Waals surface area contributed by atoms with E-state index >= 15 is 0 Å². The minimum absolute atomic E-state index is 0.0714. The molecule has 1 aromatic carbocycles. The number of fused-ring (bicyclic) bond motifs is 3. The molecule has 0 aromatic heterocycles. The predicted octanol–water partition coefficient (Wildman–Crippen LogP) is 3.69. The van der Waals surface area contributed by atoms with E-state index in [1.165, 1.54) is 0 Å². The predicted molar refractivity (Wildman–Crippen MR) is 120 cm³/mol. The Hall–Kier alpha value is -3.00. The van der Waals surface area contributed by atoms with E-state index in [1.54, 1.807) is 20.3 Å². The van der Waals surface area contributed by atoms with Gasteiger partial charge in [0.15, 0.2) is 0 Å². The molecule has 0 saturated carbocycles. The summed E-state index contributed by atoms with van der Waals surface area (Å²) < 4.78 is 27.5. The molecule has 4 atom stereocenters. The summed E-state index contributed by atoms with van der Waals surface area (Å²) >= 11 is 0. The minimum atomic E-state index is -0.506. The number of amides is 1. The number of esters is 1. The molecular weight excluding hydrogens is 426 g/mol. The van der Waals surface area contributed by atoms with E-state index in [1.807, 2.05) is 12.1 Å². The van der Waals surface area contributed by atoms with E-state index in [4.69, 9.17) is 23.7 Å². The second kappa shape index (κ2) is 9.47. The van der Waals surface area contributed by atoms with Crippen molar-refractivity contribution in [3.8, 4) is 11.5 Å². The lowest BCUT2D eigenvalue weighted by molar-refractivity contribution is -0.140. The number of hydrogen-bond donors (Lipinski definition) is 1. The topological polar surface area (TPSA) is 95.6 Å². The summed E-state index contributed by atoms with van der Waals surface area (Å²) in [7, 11) is 3.16. The van der Waals surface area contributed by atoms with Gasteiger partial charge < -0.3 is 29.0 Å². The Kier molecular flexibility index (Phi) is 6.65. The zero-order chi connectivity index (χ0) is 23.6. The fourth-order valence-electron chi connectivity index (χ4n) is 4.60. The summed E-state index contributed by atoms with van der Waals surface area (Å²) in [6.07, 6.45) is 4.28. The number of carbonyl (C=O) groups is 2. The normalized spacial score (nSPS) is 30.2. The molecular formula is C25H31NO7. The maximum atomic E-state index is 12.3. The van der Waals surface area contributed by atoms with Crippen LogP contribution >= 0.6 is 0 Å². The third-order valence-electron chi connectivity index (χ3n) is 6.68. The van der Waals surface area contributed by atoms with Crippen molar-refractivity contribution in [1.82, 2.24) is 5.32 Å². The highest BCUT2D eigenvalue weighted by molar-refractivity contribution is 5.91. The highest BCUT2D eigenvalue weighted by atomic mass is 16.6. The zero-order valence-corrected chi connectivity index (χ0v) is 19.3. The smallest absolute Gasteiger partial charge is 0.407 e. The van der Waals surface area contributed by atoms with Crippen molar-refractivity contribution in [2.45, 2.75) is 57.0 Å². The van der Waals surface area contributed by atoms with E-state index in [0.717, 1.165) is 24.0 Å². The second-order valence-corrected chi connectivity index (χ2v) is 8.94. The number of methoxy groups -OCH3 is 2. The summed E-state index contributed by atoms with van der Waals surface area (Å²) in [5.41, 5.74) is 2.07. The number of alkyl carbamates (subject to hydrolysis) is 1. The summed E-state index contributed by atoms with van der Waals surface area (Å²) in [6.45, 7) is 6.46. The molecule has 1 aliphatic carbocycles. The molecule has 4 rings (SSSR count). The molecule has 0 unspecified atom stereocenters. The van der Waals surface area contributed by atoms with Gasteiger partial charge in [0.25, 0.3) is 0 Å². The Bertz CT molecular complexity index is 949. The van der Waals surface area contributed by atoms with Gasteiger partial charge in [0.05, 0.1) is 19.8 Å². The molecule has 8 heteroatoms. The quantitative estimate of drug-likeness (QED) is 0.301. The molecule has 0 radical (unpaired) electrons. The maximum absolute atomic E-state index is 12.3. The molecule has 178 valence electrons. The fourth-order valence-corrected chi connectivity index (χ4v) is 4.60. The van der Waals surface area contributed by atoms with Crippen molar-refractivity contribution in [3.63, 3.8) is 0 Å². The molecule has 33 heavy (non-hydrogen) atoms. The van der Waals surface area contributed by atoms with Crippen LogP contribution in [0.15, 0.2) is 42.0 Å². The van der Waals surface area contributed by atoms with Crippen molar-refractivity contribution in [2.75, 3.05) is 20.8 Å². The molecule has 8 nitrogen and oxygen atoms in total. The highest BCUT2D eigenvalue weighted by Gasteiger charge is 2.61. The Morgan fingerprint density at radius 2 is 1.97 bits per heavy atom. The molecule has 0 bridgehead atoms. The number of allylic oxidation sites excluding steroid dienone is 1. The number of benzene rings is 1. The number of hydrogen-bond acceptors (Lipinski definition) is 7. The molecule has 2 aliphatic heterocycles. The average molecular weight is 458 g/mol. The van der Waals surface area contributed by atoms with E-state index in [0.29, 0.717) is 29.9 Å². The first kappa shape index (κ1) is 23.2. The maximum Gasteiger partial charge on any atom is 0.407 e. The highest BCUT2D eigenvalue weighted by Crippen LogP contribution is 2.49. The fraction of sp³-hybridized carbons (Fsp3) is 0.520. The molecule has 2 heterocycles. The molecule has 2 fully saturated rings. The monoisotopic (exact) mass is 457 g/mol. The van der Waals surface area contributed by atoms with E-state index in [2.05, 4.69) is 24.9 Å². The molecule has 0 spiro atoms. The summed E-state index contributed by atoms with van der Waals surface area (Å²) in [4.78, 5) is 24.4. The average Bonchev–Trinajstić information content (AvgIpc) is 3.40. The van der Waals surface area contributed by atoms with Crippen LogP contribution in [0.2, 0.25) is 0 Å². The van der Waals surface area contributed by atoms with Gasteiger partial charge in [0, 0.05) is 24.1 Å². The van der Waals surface area contributed by atoms with E-state index in [-0.39, 0.29) is 42.8 Å². The van der Waals surface area contributed by atoms with Gasteiger partial charge in [-0.2, -0.15) is 0 Å². The lowest BCUT2D eigenvalue weighted by atomic mass is 9.84. The van der Waals surface area contributed by atoms with Crippen molar-refractivity contribution in [2.24, 2.45) is 5.92 Å². The van der Waals surface area contributed by atoms with Gasteiger partial charge in [0.2, 0.25) is 0 Å². The van der Waals surface area contributed by atoms with Crippen LogP contribution in [0, 0.1) is 5.92 Å². The van der Waals surface area contributed by atoms with Crippen LogP contribution in [0.1, 0.15) is 38.2 Å². The Morgan fingerprint density at radius 1 is 1.24 bits per heavy atom. The summed E-state index contributed by atoms with van der Waals surface area (Å²) in [5, 5.41) is 2.76. The summed E-state index contributed by atoms with van der Waals surface area (Å²) in [6, 6.07) is 5.43. The van der Waals surface area contributed by atoms with Crippen molar-refractivity contribution in [1.29, 1.82) is 0 Å². The van der Waals surface area contributed by atoms with Crippen LogP contribution < -0.4 is 14.8 Å². The van der Waals surface area contributed by atoms with Gasteiger partial charge in [-0.25, -0.2) is 9.59 Å². The standard InChI is InChI=1S/C25H31NO7/c1-15-20-8-7-16(6-5-9-25(2)22(33-25)21(20)32-23(15)27)14-31-24(28)26-13-17-10-18(29-3)12-19(11-17)30-4/h6,10-12,20-22H,1,5,7-9,13-14H2,2-4H3,(H,26,28)/b16-6+/t20-,21-,22-,25+/m0/s1. The first-order valence-electron chi connectivity index (χ1n) is 11.2. The van der Waals surface area contributed by atoms with E-state index in [9.17, 15) is 9.59 Å². The van der Waals surface area contributed by atoms with Crippen LogP contribution in [0.4, 0.5) is 4.79 Å². The summed E-state index contributed by atoms with van der Waals surface area (Å²) in [5.74, 6) is 0.882. The number of epoxide rings is 1. The van der Waals surface area contributed by atoms with Gasteiger partial charge in [-0.15, -0.1) is 0 Å². The lowest BCUT2D eigenvalue weighted by Gasteiger charge is -2.20. The number of carbonyl (C=O) groups excluding carboxylic acids is 2. The Balaban J connectivity index is 1.33. The molecule has 1 amide bonds. The third-order valence-corrected chi connectivity index (χ3v) is 6.68. The van der Waals surface area contributed by atoms with Gasteiger partial charge in [-0.3, -0.25) is 0 Å². The largest absolute Gasteiger partial charge is 0.497 e. The number of nitrogens with one attached hydrogen (secondary N) is 1. The Morgan fingerprint density at radius 3 is 2.67 bits per heavy atom. The molecule has 1 aromatic rings. The second-order valence-electron chi connectivity index (χ2n) is 8.94. The zero-order valence-electron chi connectivity index (χ0n) is 19.3. The molecule has 1 N–H and O–H groups in total. The number of ether oxygens (including phenoxy) is 5. The van der Waals surface area contributed by atoms with E-state index < -0.39 is 6.09 Å². The third kappa shape index (κ3) is 5.16. The number of rotatable bonds is 6. The van der Waals surface area contributed by atoms with Crippen LogP contribution in [-0.2, 0) is 25.5 Å². The lowest BCUT2D eigenvalue weighted by Crippen LogP contribution is -2.29. The van der Waals surface area contributed by atoms with Crippen LogP contribution in [-0.4, -0.2) is 50.7 Å². The van der Waals surface area contributed by atoms with Gasteiger partial charge in [0.1, 0.15) is 30.3 Å². The van der Waals surface area contributed by atoms with Crippen molar-refractivity contribution < 1.29 is 33.3 Å². The minimum Gasteiger partial charge on any atom is -0.497 e. The van der Waals surface area contributed by atoms with Gasteiger partial charge in [-0.05, 0) is 55.9 Å². The first-order valence-corrected chi connectivity index (χ1v) is 11.2. The van der Waals surface area contributed by atoms with Crippen LogP contribution in [0.25, 0.3) is 0 Å². The first-order chi connectivity index (χ1) is 15.8. The van der Waals surface area contributed by atoms with Gasteiger partial charge in [-0.1, -0.05) is 12.7 Å². The van der Waals surface area contributed by atoms with Gasteiger partial charge >= 0.3 is 12.1 Å². The Labute approximate surface area is 193 Å². The SMILES string of the molecule is C=C1C(=O)O[C@H]2[C@H]1CC/C(COC(=O)NCc1cc(OC)cc(OC)c1)=C\CC[C@@]1(C)O[C@@H]21. The van der Waals surface area contributed by atoms with Crippen LogP contribution in [0.3, 0.4) is 0 Å². The van der Waals surface area contributed by atoms with Crippen LogP contribution in [0.5, 0.6) is 11.5 Å². The van der Waals surface area contributed by atoms with Crippen molar-refractivity contribution in [3.05, 3.63) is 47.6 Å². The van der Waals surface area contributed by atoms with Crippen molar-refractivity contribution >= 4 is 12.1 Å². The molecule has 2 saturated heterocycles. The molecule has 3 aliphatic rings.